The standard InChI is InChI=1S/C24H24ClN3O2/c1-17(19-11-13-20(25)14-12-19)26-16-23(29)28-22-10-6-5-9-21(22)24(30)27-15-18-7-3-2-4-8-18/h2-14,17,26H,15-16H2,1H3,(H,27,30)(H,28,29)/p+1/t17-/m1/s1. The van der Waals surface area contributed by atoms with Crippen molar-refractivity contribution >= 4 is 29.1 Å². The lowest BCUT2D eigenvalue weighted by atomic mass is 10.1. The minimum Gasteiger partial charge on any atom is -0.348 e. The van der Waals surface area contributed by atoms with E-state index in [0.717, 1.165) is 11.1 Å². The lowest BCUT2D eigenvalue weighted by molar-refractivity contribution is -0.682. The first kappa shape index (κ1) is 21.6. The summed E-state index contributed by atoms with van der Waals surface area (Å²) in [5, 5.41) is 8.38. The normalized spacial score (nSPS) is 11.5. The highest BCUT2D eigenvalue weighted by molar-refractivity contribution is 6.30. The predicted octanol–water partition coefficient (Wildman–Crippen LogP) is 3.53. The van der Waals surface area contributed by atoms with Crippen LogP contribution >= 0.6 is 11.6 Å². The van der Waals surface area contributed by atoms with Crippen LogP contribution in [0.15, 0.2) is 78.9 Å². The Balaban J connectivity index is 1.56. The maximum Gasteiger partial charge on any atom is 0.279 e. The van der Waals surface area contributed by atoms with Crippen molar-refractivity contribution in [1.82, 2.24) is 5.32 Å². The maximum atomic E-state index is 12.6. The van der Waals surface area contributed by atoms with Crippen LogP contribution in [0.4, 0.5) is 5.69 Å². The Bertz CT molecular complexity index is 991. The summed E-state index contributed by atoms with van der Waals surface area (Å²) >= 11 is 5.92. The molecule has 0 aromatic heterocycles. The molecule has 3 aromatic rings. The fourth-order valence-corrected chi connectivity index (χ4v) is 3.18. The van der Waals surface area contributed by atoms with E-state index in [1.54, 1.807) is 24.3 Å². The number of nitrogens with one attached hydrogen (secondary N) is 2. The van der Waals surface area contributed by atoms with E-state index in [0.29, 0.717) is 22.8 Å². The first-order chi connectivity index (χ1) is 14.5. The molecule has 154 valence electrons. The molecule has 6 heteroatoms. The summed E-state index contributed by atoms with van der Waals surface area (Å²) < 4.78 is 0. The smallest absolute Gasteiger partial charge is 0.279 e. The van der Waals surface area contributed by atoms with Crippen molar-refractivity contribution in [3.63, 3.8) is 0 Å². The van der Waals surface area contributed by atoms with Gasteiger partial charge in [-0.1, -0.05) is 66.2 Å². The largest absolute Gasteiger partial charge is 0.348 e. The van der Waals surface area contributed by atoms with Crippen molar-refractivity contribution in [1.29, 1.82) is 0 Å². The van der Waals surface area contributed by atoms with Crippen molar-refractivity contribution in [3.05, 3.63) is 101 Å². The molecule has 30 heavy (non-hydrogen) atoms. The van der Waals surface area contributed by atoms with Crippen LogP contribution in [0.3, 0.4) is 0 Å². The van der Waals surface area contributed by atoms with E-state index in [1.165, 1.54) is 0 Å². The van der Waals surface area contributed by atoms with Crippen molar-refractivity contribution in [2.24, 2.45) is 0 Å². The third kappa shape index (κ3) is 6.17. The summed E-state index contributed by atoms with van der Waals surface area (Å²) in [4.78, 5) is 25.1. The van der Waals surface area contributed by atoms with Gasteiger partial charge in [0.05, 0.1) is 11.3 Å². The number of quaternary nitrogens is 1. The third-order valence-corrected chi connectivity index (χ3v) is 5.05. The van der Waals surface area contributed by atoms with Crippen LogP contribution in [0, 0.1) is 0 Å². The highest BCUT2D eigenvalue weighted by Crippen LogP contribution is 2.16. The Morgan fingerprint density at radius 1 is 0.933 bits per heavy atom. The van der Waals surface area contributed by atoms with E-state index in [1.807, 2.05) is 66.8 Å². The number of carbonyl (C=O) groups is 2. The summed E-state index contributed by atoms with van der Waals surface area (Å²) in [6.45, 7) is 2.69. The summed E-state index contributed by atoms with van der Waals surface area (Å²) in [7, 11) is 0. The second-order valence-electron chi connectivity index (χ2n) is 7.04. The van der Waals surface area contributed by atoms with Gasteiger partial charge in [0.15, 0.2) is 6.54 Å². The molecular formula is C24H25ClN3O2+. The van der Waals surface area contributed by atoms with E-state index < -0.39 is 0 Å². The third-order valence-electron chi connectivity index (χ3n) is 4.79. The van der Waals surface area contributed by atoms with Gasteiger partial charge in [-0.3, -0.25) is 9.59 Å². The van der Waals surface area contributed by atoms with E-state index in [4.69, 9.17) is 11.6 Å². The topological polar surface area (TPSA) is 74.8 Å². The van der Waals surface area contributed by atoms with Crippen LogP contribution < -0.4 is 16.0 Å². The fourth-order valence-electron chi connectivity index (χ4n) is 3.05. The average Bonchev–Trinajstić information content (AvgIpc) is 2.77. The Hall–Kier alpha value is -3.15. The zero-order valence-corrected chi connectivity index (χ0v) is 17.5. The van der Waals surface area contributed by atoms with Crippen molar-refractivity contribution in [3.8, 4) is 0 Å². The van der Waals surface area contributed by atoms with Gasteiger partial charge in [-0.05, 0) is 36.8 Å². The van der Waals surface area contributed by atoms with E-state index in [-0.39, 0.29) is 24.4 Å². The van der Waals surface area contributed by atoms with Gasteiger partial charge in [-0.2, -0.15) is 0 Å². The molecule has 4 N–H and O–H groups in total. The number of amides is 2. The molecule has 0 bridgehead atoms. The molecular weight excluding hydrogens is 398 g/mol. The van der Waals surface area contributed by atoms with Crippen molar-refractivity contribution in [2.45, 2.75) is 19.5 Å². The number of halogens is 1. The number of carbonyl (C=O) groups excluding carboxylic acids is 2. The number of rotatable bonds is 8. The first-order valence-corrected chi connectivity index (χ1v) is 10.2. The van der Waals surface area contributed by atoms with Gasteiger partial charge in [-0.15, -0.1) is 0 Å². The van der Waals surface area contributed by atoms with E-state index >= 15 is 0 Å². The second-order valence-corrected chi connectivity index (χ2v) is 7.48. The van der Waals surface area contributed by atoms with Crippen molar-refractivity contribution < 1.29 is 14.9 Å². The summed E-state index contributed by atoms with van der Waals surface area (Å²) in [6, 6.07) is 24.4. The molecule has 0 aliphatic rings. The molecule has 5 nitrogen and oxygen atoms in total. The zero-order chi connectivity index (χ0) is 21.3. The average molecular weight is 423 g/mol. The van der Waals surface area contributed by atoms with Crippen LogP contribution in [0.5, 0.6) is 0 Å². The molecule has 3 aromatic carbocycles. The van der Waals surface area contributed by atoms with Gasteiger partial charge in [0.25, 0.3) is 11.8 Å². The zero-order valence-electron chi connectivity index (χ0n) is 16.8. The summed E-state index contributed by atoms with van der Waals surface area (Å²) in [6.07, 6.45) is 0. The molecule has 0 saturated carbocycles. The number of hydrogen-bond donors (Lipinski definition) is 3. The Morgan fingerprint density at radius 3 is 2.33 bits per heavy atom. The van der Waals surface area contributed by atoms with Crippen LogP contribution in [-0.2, 0) is 11.3 Å². The monoisotopic (exact) mass is 422 g/mol. The predicted molar refractivity (Wildman–Crippen MR) is 119 cm³/mol. The number of benzene rings is 3. The SMILES string of the molecule is C[C@@H]([NH2+]CC(=O)Nc1ccccc1C(=O)NCc1ccccc1)c1ccc(Cl)cc1. The van der Waals surface area contributed by atoms with Gasteiger partial charge in [-0.25, -0.2) is 0 Å². The highest BCUT2D eigenvalue weighted by atomic mass is 35.5. The minimum atomic E-state index is -0.228. The van der Waals surface area contributed by atoms with Gasteiger partial charge < -0.3 is 16.0 Å². The van der Waals surface area contributed by atoms with Crippen molar-refractivity contribution in [2.75, 3.05) is 11.9 Å². The Kier molecular flexibility index (Phi) is 7.60. The van der Waals surface area contributed by atoms with Crippen LogP contribution in [0.25, 0.3) is 0 Å². The van der Waals surface area contributed by atoms with Gasteiger partial charge >= 0.3 is 0 Å². The fraction of sp³-hybridized carbons (Fsp3) is 0.167. The molecule has 0 heterocycles. The lowest BCUT2D eigenvalue weighted by Gasteiger charge is -2.13. The summed E-state index contributed by atoms with van der Waals surface area (Å²) in [5.74, 6) is -0.396. The van der Waals surface area contributed by atoms with Crippen LogP contribution in [-0.4, -0.2) is 18.4 Å². The highest BCUT2D eigenvalue weighted by Gasteiger charge is 2.15. The quantitative estimate of drug-likeness (QED) is 0.519. The van der Waals surface area contributed by atoms with Crippen LogP contribution in [0.1, 0.15) is 34.5 Å². The molecule has 0 saturated heterocycles. The molecule has 0 radical (unpaired) electrons. The molecule has 1 atom stereocenters. The number of nitrogens with two attached hydrogens (primary N) is 1. The minimum absolute atomic E-state index is 0.109. The number of hydrogen-bond acceptors (Lipinski definition) is 2. The maximum absolute atomic E-state index is 12.6. The first-order valence-electron chi connectivity index (χ1n) is 9.82. The van der Waals surface area contributed by atoms with Gasteiger partial charge in [0, 0.05) is 17.1 Å². The van der Waals surface area contributed by atoms with Crippen LogP contribution in [0.2, 0.25) is 5.02 Å². The van der Waals surface area contributed by atoms with Gasteiger partial charge in [0.2, 0.25) is 0 Å². The molecule has 0 fully saturated rings. The summed E-state index contributed by atoms with van der Waals surface area (Å²) in [5.41, 5.74) is 3.04. The second kappa shape index (κ2) is 10.6. The molecule has 0 aliphatic heterocycles. The number of anilines is 1. The number of para-hydroxylation sites is 1. The molecule has 0 aliphatic carbocycles. The Labute approximate surface area is 181 Å². The molecule has 3 rings (SSSR count). The molecule has 0 unspecified atom stereocenters. The van der Waals surface area contributed by atoms with Gasteiger partial charge in [0.1, 0.15) is 6.04 Å². The van der Waals surface area contributed by atoms with E-state index in [2.05, 4.69) is 10.6 Å². The lowest BCUT2D eigenvalue weighted by Crippen LogP contribution is -2.86. The Morgan fingerprint density at radius 2 is 1.60 bits per heavy atom. The molecule has 0 spiro atoms. The van der Waals surface area contributed by atoms with E-state index in [9.17, 15) is 9.59 Å². The molecule has 2 amide bonds.